The van der Waals surface area contributed by atoms with Crippen molar-refractivity contribution in [3.05, 3.63) is 16.0 Å². The van der Waals surface area contributed by atoms with Crippen molar-refractivity contribution >= 4 is 34.1 Å². The largest absolute Gasteiger partial charge is 0.481 e. The van der Waals surface area contributed by atoms with Gasteiger partial charge in [-0.1, -0.05) is 6.92 Å². The van der Waals surface area contributed by atoms with Gasteiger partial charge in [-0.2, -0.15) is 0 Å². The van der Waals surface area contributed by atoms with Crippen molar-refractivity contribution in [3.63, 3.8) is 0 Å². The molecule has 1 atom stereocenters. The maximum absolute atomic E-state index is 12.6. The number of nitrogens with one attached hydrogen (secondary N) is 2. The average molecular weight is 350 g/mol. The number of hydrogen-bond donors (Lipinski definition) is 3. The standard InChI is InChI=1S/C17H22N2O4S/c1-9-2-5-11-12(8-9)24-17(19-13(20)6-7-14(21)22)15(11)16(23)18-10-3-4-10/h9-10H,2-8H2,1H3,(H,18,23)(H,19,20)(H,21,22)/t9-/m0/s1. The highest BCUT2D eigenvalue weighted by atomic mass is 32.1. The summed E-state index contributed by atoms with van der Waals surface area (Å²) in [6.07, 6.45) is 4.54. The van der Waals surface area contributed by atoms with Gasteiger partial charge in [-0.3, -0.25) is 14.4 Å². The molecule has 6 nitrogen and oxygen atoms in total. The van der Waals surface area contributed by atoms with Crippen LogP contribution in [0.25, 0.3) is 0 Å². The van der Waals surface area contributed by atoms with Crippen molar-refractivity contribution in [1.29, 1.82) is 0 Å². The van der Waals surface area contributed by atoms with Crippen LogP contribution in [-0.4, -0.2) is 28.9 Å². The molecule has 0 unspecified atom stereocenters. The molecule has 0 aromatic carbocycles. The predicted octanol–water partition coefficient (Wildman–Crippen LogP) is 2.57. The Bertz CT molecular complexity index is 678. The van der Waals surface area contributed by atoms with Crippen molar-refractivity contribution < 1.29 is 19.5 Å². The number of aliphatic carboxylic acids is 1. The fourth-order valence-corrected chi connectivity index (χ4v) is 4.40. The van der Waals surface area contributed by atoms with Crippen LogP contribution in [0, 0.1) is 5.92 Å². The molecule has 1 aromatic rings. The minimum absolute atomic E-state index is 0.0853. The van der Waals surface area contributed by atoms with Gasteiger partial charge in [0.25, 0.3) is 5.91 Å². The molecule has 1 fully saturated rings. The summed E-state index contributed by atoms with van der Waals surface area (Å²) in [5.41, 5.74) is 1.65. The predicted molar refractivity (Wildman–Crippen MR) is 91.5 cm³/mol. The zero-order valence-electron chi connectivity index (χ0n) is 13.7. The van der Waals surface area contributed by atoms with E-state index in [0.717, 1.165) is 37.7 Å². The zero-order chi connectivity index (χ0) is 17.3. The highest BCUT2D eigenvalue weighted by molar-refractivity contribution is 7.17. The normalized spacial score (nSPS) is 19.5. The molecule has 7 heteroatoms. The van der Waals surface area contributed by atoms with E-state index in [1.807, 2.05) is 0 Å². The van der Waals surface area contributed by atoms with Gasteiger partial charge in [0.15, 0.2) is 0 Å². The van der Waals surface area contributed by atoms with Crippen LogP contribution in [0.5, 0.6) is 0 Å². The van der Waals surface area contributed by atoms with Crippen LogP contribution in [-0.2, 0) is 22.4 Å². The van der Waals surface area contributed by atoms with Gasteiger partial charge < -0.3 is 15.7 Å². The number of carboxylic acid groups (broad SMARTS) is 1. The van der Waals surface area contributed by atoms with E-state index in [-0.39, 0.29) is 30.7 Å². The Kier molecular flexibility index (Phi) is 4.89. The second-order valence-electron chi connectivity index (χ2n) is 6.75. The first-order valence-corrected chi connectivity index (χ1v) is 9.22. The lowest BCUT2D eigenvalue weighted by atomic mass is 9.88. The molecule has 0 spiro atoms. The first kappa shape index (κ1) is 17.0. The van der Waals surface area contributed by atoms with Crippen molar-refractivity contribution in [2.45, 2.75) is 57.9 Å². The van der Waals surface area contributed by atoms with Crippen LogP contribution < -0.4 is 10.6 Å². The average Bonchev–Trinajstić information content (AvgIpc) is 3.24. The van der Waals surface area contributed by atoms with E-state index >= 15 is 0 Å². The van der Waals surface area contributed by atoms with E-state index in [4.69, 9.17) is 5.11 Å². The number of thiophene rings is 1. The number of carbonyl (C=O) groups is 3. The maximum Gasteiger partial charge on any atom is 0.303 e. The topological polar surface area (TPSA) is 95.5 Å². The van der Waals surface area contributed by atoms with E-state index in [1.54, 1.807) is 0 Å². The summed E-state index contributed by atoms with van der Waals surface area (Å²) >= 11 is 1.46. The molecule has 24 heavy (non-hydrogen) atoms. The van der Waals surface area contributed by atoms with Gasteiger partial charge in [0, 0.05) is 17.3 Å². The molecule has 0 saturated heterocycles. The fraction of sp³-hybridized carbons (Fsp3) is 0.588. The van der Waals surface area contributed by atoms with Gasteiger partial charge in [0.1, 0.15) is 5.00 Å². The highest BCUT2D eigenvalue weighted by Crippen LogP contribution is 2.40. The van der Waals surface area contributed by atoms with E-state index in [9.17, 15) is 14.4 Å². The second-order valence-corrected chi connectivity index (χ2v) is 7.85. The quantitative estimate of drug-likeness (QED) is 0.735. The molecule has 3 N–H and O–H groups in total. The fourth-order valence-electron chi connectivity index (χ4n) is 2.97. The van der Waals surface area contributed by atoms with E-state index < -0.39 is 5.97 Å². The molecule has 2 amide bonds. The SMILES string of the molecule is C[C@H]1CCc2c(sc(NC(=O)CCC(=O)O)c2C(=O)NC2CC2)C1. The summed E-state index contributed by atoms with van der Waals surface area (Å²) in [4.78, 5) is 36.4. The van der Waals surface area contributed by atoms with Crippen LogP contribution >= 0.6 is 11.3 Å². The number of amides is 2. The first-order valence-electron chi connectivity index (χ1n) is 8.41. The van der Waals surface area contributed by atoms with Crippen LogP contribution in [0.1, 0.15) is 59.8 Å². The summed E-state index contributed by atoms with van der Waals surface area (Å²) in [5.74, 6) is -0.898. The van der Waals surface area contributed by atoms with Gasteiger partial charge in [-0.25, -0.2) is 0 Å². The summed E-state index contributed by atoms with van der Waals surface area (Å²) in [5, 5.41) is 15.0. The van der Waals surface area contributed by atoms with Gasteiger partial charge in [0.2, 0.25) is 5.91 Å². The Labute approximate surface area is 144 Å². The third kappa shape index (κ3) is 3.95. The Morgan fingerprint density at radius 3 is 2.62 bits per heavy atom. The van der Waals surface area contributed by atoms with Crippen LogP contribution in [0.4, 0.5) is 5.00 Å². The molecule has 0 radical (unpaired) electrons. The van der Waals surface area contributed by atoms with Crippen molar-refractivity contribution in [2.75, 3.05) is 5.32 Å². The van der Waals surface area contributed by atoms with Gasteiger partial charge in [0.05, 0.1) is 12.0 Å². The minimum Gasteiger partial charge on any atom is -0.481 e. The Hall–Kier alpha value is -1.89. The lowest BCUT2D eigenvalue weighted by Crippen LogP contribution is -2.28. The first-order chi connectivity index (χ1) is 11.4. The number of fused-ring (bicyclic) bond motifs is 1. The molecule has 1 heterocycles. The lowest BCUT2D eigenvalue weighted by Gasteiger charge is -2.18. The molecule has 3 rings (SSSR count). The van der Waals surface area contributed by atoms with Crippen LogP contribution in [0.15, 0.2) is 0 Å². The molecule has 130 valence electrons. The number of anilines is 1. The summed E-state index contributed by atoms with van der Waals surface area (Å²) in [6, 6.07) is 0.256. The molecule has 0 bridgehead atoms. The van der Waals surface area contributed by atoms with E-state index in [2.05, 4.69) is 17.6 Å². The third-order valence-corrected chi connectivity index (χ3v) is 5.64. The number of hydrogen-bond acceptors (Lipinski definition) is 4. The molecule has 2 aliphatic carbocycles. The monoisotopic (exact) mass is 350 g/mol. The molecular formula is C17H22N2O4S. The van der Waals surface area contributed by atoms with Gasteiger partial charge in [-0.05, 0) is 43.6 Å². The Morgan fingerprint density at radius 2 is 1.96 bits per heavy atom. The van der Waals surface area contributed by atoms with Crippen molar-refractivity contribution in [1.82, 2.24) is 5.32 Å². The van der Waals surface area contributed by atoms with Crippen LogP contribution in [0.2, 0.25) is 0 Å². The molecular weight excluding hydrogens is 328 g/mol. The minimum atomic E-state index is -1.00. The van der Waals surface area contributed by atoms with Gasteiger partial charge in [-0.15, -0.1) is 11.3 Å². The molecule has 0 aliphatic heterocycles. The molecule has 2 aliphatic rings. The van der Waals surface area contributed by atoms with Crippen molar-refractivity contribution in [2.24, 2.45) is 5.92 Å². The molecule has 1 aromatic heterocycles. The number of carbonyl (C=O) groups excluding carboxylic acids is 2. The molecule has 1 saturated carbocycles. The Morgan fingerprint density at radius 1 is 1.21 bits per heavy atom. The second kappa shape index (κ2) is 6.93. The van der Waals surface area contributed by atoms with Crippen molar-refractivity contribution in [3.8, 4) is 0 Å². The Balaban J connectivity index is 1.82. The zero-order valence-corrected chi connectivity index (χ0v) is 14.5. The smallest absolute Gasteiger partial charge is 0.303 e. The summed E-state index contributed by atoms with van der Waals surface area (Å²) in [7, 11) is 0. The summed E-state index contributed by atoms with van der Waals surface area (Å²) < 4.78 is 0. The number of rotatable bonds is 6. The van der Waals surface area contributed by atoms with E-state index in [0.29, 0.717) is 16.5 Å². The van der Waals surface area contributed by atoms with Crippen LogP contribution in [0.3, 0.4) is 0 Å². The summed E-state index contributed by atoms with van der Waals surface area (Å²) in [6.45, 7) is 2.19. The maximum atomic E-state index is 12.6. The lowest BCUT2D eigenvalue weighted by molar-refractivity contribution is -0.138. The number of carboxylic acids is 1. The van der Waals surface area contributed by atoms with E-state index in [1.165, 1.54) is 16.2 Å². The van der Waals surface area contributed by atoms with Gasteiger partial charge >= 0.3 is 5.97 Å². The third-order valence-electron chi connectivity index (χ3n) is 4.47. The highest BCUT2D eigenvalue weighted by Gasteiger charge is 2.31.